The van der Waals surface area contributed by atoms with Crippen molar-refractivity contribution in [1.82, 2.24) is 5.32 Å². The number of nitriles is 1. The lowest BCUT2D eigenvalue weighted by Crippen LogP contribution is -2.23. The van der Waals surface area contributed by atoms with Crippen molar-refractivity contribution in [2.24, 2.45) is 0 Å². The first-order chi connectivity index (χ1) is 11.1. The number of non-ortho nitro benzene ring substituents is 1. The monoisotopic (exact) mass is 307 g/mol. The molecule has 2 rings (SSSR count). The summed E-state index contributed by atoms with van der Waals surface area (Å²) in [4.78, 5) is 22.1. The van der Waals surface area contributed by atoms with Crippen molar-refractivity contribution in [3.05, 3.63) is 81.4 Å². The SMILES string of the molecule is N#C/C(=C/c1ccc([N+](=O)[O-])cc1)C(=O)NCc1ccccc1. The minimum absolute atomic E-state index is 0.0470. The van der Waals surface area contributed by atoms with Crippen LogP contribution in [0.1, 0.15) is 11.1 Å². The first kappa shape index (κ1) is 15.9. The van der Waals surface area contributed by atoms with Gasteiger partial charge in [-0.05, 0) is 29.3 Å². The molecule has 0 heterocycles. The number of nitrogens with one attached hydrogen (secondary N) is 1. The Morgan fingerprint density at radius 1 is 1.17 bits per heavy atom. The Bertz CT molecular complexity index is 775. The summed E-state index contributed by atoms with van der Waals surface area (Å²) in [7, 11) is 0. The fraction of sp³-hybridized carbons (Fsp3) is 0.0588. The number of carbonyl (C=O) groups excluding carboxylic acids is 1. The van der Waals surface area contributed by atoms with Gasteiger partial charge in [-0.3, -0.25) is 14.9 Å². The molecule has 0 saturated heterocycles. The lowest BCUT2D eigenvalue weighted by molar-refractivity contribution is -0.384. The molecule has 0 atom stereocenters. The van der Waals surface area contributed by atoms with E-state index in [1.807, 2.05) is 36.4 Å². The normalized spacial score (nSPS) is 10.7. The number of nitrogens with zero attached hydrogens (tertiary/aromatic N) is 2. The number of hydrogen-bond donors (Lipinski definition) is 1. The molecule has 2 aromatic rings. The van der Waals surface area contributed by atoms with E-state index in [1.54, 1.807) is 0 Å². The molecule has 1 amide bonds. The van der Waals surface area contributed by atoms with Gasteiger partial charge in [-0.1, -0.05) is 30.3 Å². The van der Waals surface area contributed by atoms with Crippen LogP contribution in [-0.2, 0) is 11.3 Å². The Morgan fingerprint density at radius 3 is 2.39 bits per heavy atom. The third-order valence-corrected chi connectivity index (χ3v) is 3.08. The van der Waals surface area contributed by atoms with E-state index >= 15 is 0 Å². The van der Waals surface area contributed by atoms with E-state index in [0.717, 1.165) is 5.56 Å². The van der Waals surface area contributed by atoms with Crippen LogP contribution in [0.3, 0.4) is 0 Å². The van der Waals surface area contributed by atoms with Crippen LogP contribution in [-0.4, -0.2) is 10.8 Å². The number of rotatable bonds is 5. The fourth-order valence-corrected chi connectivity index (χ4v) is 1.88. The molecule has 0 aliphatic heterocycles. The lowest BCUT2D eigenvalue weighted by atomic mass is 10.1. The molecule has 2 aromatic carbocycles. The number of hydrogen-bond acceptors (Lipinski definition) is 4. The fourth-order valence-electron chi connectivity index (χ4n) is 1.88. The quantitative estimate of drug-likeness (QED) is 0.397. The van der Waals surface area contributed by atoms with Gasteiger partial charge >= 0.3 is 0 Å². The van der Waals surface area contributed by atoms with Gasteiger partial charge in [0.25, 0.3) is 11.6 Å². The molecule has 1 N–H and O–H groups in total. The van der Waals surface area contributed by atoms with Gasteiger partial charge in [-0.25, -0.2) is 0 Å². The van der Waals surface area contributed by atoms with Crippen LogP contribution in [0.2, 0.25) is 0 Å². The second-order valence-electron chi connectivity index (χ2n) is 4.69. The lowest BCUT2D eigenvalue weighted by Gasteiger charge is -2.04. The number of nitro groups is 1. The summed E-state index contributed by atoms with van der Waals surface area (Å²) >= 11 is 0. The third-order valence-electron chi connectivity index (χ3n) is 3.08. The summed E-state index contributed by atoms with van der Waals surface area (Å²) < 4.78 is 0. The molecule has 0 bridgehead atoms. The van der Waals surface area contributed by atoms with E-state index in [4.69, 9.17) is 5.26 Å². The van der Waals surface area contributed by atoms with Crippen molar-refractivity contribution in [3.63, 3.8) is 0 Å². The summed E-state index contributed by atoms with van der Waals surface area (Å²) in [5.41, 5.74) is 1.36. The zero-order chi connectivity index (χ0) is 16.7. The van der Waals surface area contributed by atoms with Crippen LogP contribution in [0.4, 0.5) is 5.69 Å². The molecule has 0 saturated carbocycles. The molecule has 0 aromatic heterocycles. The van der Waals surface area contributed by atoms with Gasteiger partial charge in [-0.15, -0.1) is 0 Å². The van der Waals surface area contributed by atoms with Crippen LogP contribution < -0.4 is 5.32 Å². The molecule has 0 aliphatic carbocycles. The van der Waals surface area contributed by atoms with Crippen LogP contribution in [0.15, 0.2) is 60.2 Å². The van der Waals surface area contributed by atoms with E-state index in [0.29, 0.717) is 12.1 Å². The molecule has 6 heteroatoms. The van der Waals surface area contributed by atoms with Gasteiger partial charge in [0.15, 0.2) is 0 Å². The smallest absolute Gasteiger partial charge is 0.269 e. The minimum Gasteiger partial charge on any atom is -0.347 e. The molecule has 0 aliphatic rings. The molecular formula is C17H13N3O3. The average molecular weight is 307 g/mol. The maximum atomic E-state index is 12.0. The van der Waals surface area contributed by atoms with Gasteiger partial charge in [0.2, 0.25) is 0 Å². The van der Waals surface area contributed by atoms with Crippen molar-refractivity contribution in [1.29, 1.82) is 5.26 Å². The molecule has 0 fully saturated rings. The highest BCUT2D eigenvalue weighted by molar-refractivity contribution is 6.01. The molecule has 0 spiro atoms. The highest BCUT2D eigenvalue weighted by Crippen LogP contribution is 2.14. The van der Waals surface area contributed by atoms with Crippen molar-refractivity contribution in [2.45, 2.75) is 6.54 Å². The van der Waals surface area contributed by atoms with E-state index in [1.165, 1.54) is 30.3 Å². The predicted molar refractivity (Wildman–Crippen MR) is 85.0 cm³/mol. The Kier molecular flexibility index (Phi) is 5.21. The Balaban J connectivity index is 2.07. The van der Waals surface area contributed by atoms with E-state index in [9.17, 15) is 14.9 Å². The van der Waals surface area contributed by atoms with Gasteiger partial charge in [0.1, 0.15) is 11.6 Å². The van der Waals surface area contributed by atoms with Gasteiger partial charge in [-0.2, -0.15) is 5.26 Å². The molecule has 0 radical (unpaired) electrons. The second-order valence-corrected chi connectivity index (χ2v) is 4.69. The summed E-state index contributed by atoms with van der Waals surface area (Å²) in [5.74, 6) is -0.491. The minimum atomic E-state index is -0.509. The second kappa shape index (κ2) is 7.52. The Labute approximate surface area is 132 Å². The highest BCUT2D eigenvalue weighted by atomic mass is 16.6. The predicted octanol–water partition coefficient (Wildman–Crippen LogP) is 2.82. The molecule has 0 unspecified atom stereocenters. The van der Waals surface area contributed by atoms with Gasteiger partial charge in [0, 0.05) is 18.7 Å². The van der Waals surface area contributed by atoms with Crippen molar-refractivity contribution < 1.29 is 9.72 Å². The van der Waals surface area contributed by atoms with Crippen LogP contribution in [0, 0.1) is 21.4 Å². The van der Waals surface area contributed by atoms with Crippen molar-refractivity contribution in [2.75, 3.05) is 0 Å². The largest absolute Gasteiger partial charge is 0.347 e. The summed E-state index contributed by atoms with van der Waals surface area (Å²) in [5, 5.41) is 22.4. The van der Waals surface area contributed by atoms with Crippen molar-refractivity contribution >= 4 is 17.7 Å². The van der Waals surface area contributed by atoms with Gasteiger partial charge < -0.3 is 5.32 Å². The maximum absolute atomic E-state index is 12.0. The standard InChI is InChI=1S/C17H13N3O3/c18-11-15(10-13-6-8-16(9-7-13)20(22)23)17(21)19-12-14-4-2-1-3-5-14/h1-10H,12H2,(H,19,21)/b15-10-. The topological polar surface area (TPSA) is 96.0 Å². The first-order valence-electron chi connectivity index (χ1n) is 6.78. The zero-order valence-corrected chi connectivity index (χ0v) is 12.1. The molecule has 6 nitrogen and oxygen atoms in total. The molecule has 23 heavy (non-hydrogen) atoms. The summed E-state index contributed by atoms with van der Waals surface area (Å²) in [6, 6.07) is 16.8. The van der Waals surface area contributed by atoms with Crippen LogP contribution in [0.5, 0.6) is 0 Å². The van der Waals surface area contributed by atoms with Crippen LogP contribution >= 0.6 is 0 Å². The summed E-state index contributed by atoms with van der Waals surface area (Å²) in [6.45, 7) is 0.318. The first-order valence-corrected chi connectivity index (χ1v) is 6.78. The average Bonchev–Trinajstić information content (AvgIpc) is 2.59. The van der Waals surface area contributed by atoms with Crippen molar-refractivity contribution in [3.8, 4) is 6.07 Å². The number of benzene rings is 2. The van der Waals surface area contributed by atoms with Gasteiger partial charge in [0.05, 0.1) is 4.92 Å². The highest BCUT2D eigenvalue weighted by Gasteiger charge is 2.09. The summed E-state index contributed by atoms with van der Waals surface area (Å²) in [6.07, 6.45) is 1.39. The molecule has 114 valence electrons. The third kappa shape index (κ3) is 4.51. The Morgan fingerprint density at radius 2 is 1.83 bits per heavy atom. The van der Waals surface area contributed by atoms with Crippen LogP contribution in [0.25, 0.3) is 6.08 Å². The number of carbonyl (C=O) groups is 1. The van der Waals surface area contributed by atoms with E-state index in [2.05, 4.69) is 5.32 Å². The number of nitro benzene ring substituents is 1. The maximum Gasteiger partial charge on any atom is 0.269 e. The molecular weight excluding hydrogens is 294 g/mol. The number of amides is 1. The van der Waals surface area contributed by atoms with E-state index in [-0.39, 0.29) is 11.3 Å². The van der Waals surface area contributed by atoms with E-state index < -0.39 is 10.8 Å². The zero-order valence-electron chi connectivity index (χ0n) is 12.1. The Hall–Kier alpha value is -3.46.